The standard InChI is InChI=1S/C21H21ClN4O/c1-15-2-4-16(5-3-15)12-20(27)25-8-10-26(11-9-25)21-18-7-6-17(22)13-19(18)23-14-24-21/h2-7,13-14H,8-12H2,1H3. The lowest BCUT2D eigenvalue weighted by Crippen LogP contribution is -2.49. The lowest BCUT2D eigenvalue weighted by molar-refractivity contribution is -0.130. The summed E-state index contributed by atoms with van der Waals surface area (Å²) in [6, 6.07) is 13.8. The molecule has 6 heteroatoms. The molecule has 0 radical (unpaired) electrons. The van der Waals surface area contributed by atoms with Gasteiger partial charge >= 0.3 is 0 Å². The molecule has 1 aromatic heterocycles. The molecule has 0 atom stereocenters. The van der Waals surface area contributed by atoms with Crippen LogP contribution in [0.3, 0.4) is 0 Å². The molecular formula is C21H21ClN4O. The molecule has 5 nitrogen and oxygen atoms in total. The van der Waals surface area contributed by atoms with E-state index in [-0.39, 0.29) is 5.91 Å². The number of hydrogen-bond donors (Lipinski definition) is 0. The van der Waals surface area contributed by atoms with Crippen LogP contribution < -0.4 is 4.90 Å². The van der Waals surface area contributed by atoms with E-state index in [4.69, 9.17) is 11.6 Å². The molecule has 1 saturated heterocycles. The maximum Gasteiger partial charge on any atom is 0.227 e. The van der Waals surface area contributed by atoms with Crippen LogP contribution in [0, 0.1) is 6.92 Å². The molecule has 138 valence electrons. The molecule has 2 heterocycles. The van der Waals surface area contributed by atoms with Crippen molar-refractivity contribution in [1.82, 2.24) is 14.9 Å². The number of piperazine rings is 1. The molecule has 1 fully saturated rings. The second-order valence-electron chi connectivity index (χ2n) is 6.89. The van der Waals surface area contributed by atoms with Gasteiger partial charge in [0.1, 0.15) is 12.1 Å². The van der Waals surface area contributed by atoms with Gasteiger partial charge in [-0.25, -0.2) is 9.97 Å². The van der Waals surface area contributed by atoms with Crippen molar-refractivity contribution in [1.29, 1.82) is 0 Å². The number of hydrogen-bond acceptors (Lipinski definition) is 4. The number of carbonyl (C=O) groups excluding carboxylic acids is 1. The highest BCUT2D eigenvalue weighted by Gasteiger charge is 2.23. The minimum Gasteiger partial charge on any atom is -0.352 e. The van der Waals surface area contributed by atoms with Crippen LogP contribution >= 0.6 is 11.6 Å². The van der Waals surface area contributed by atoms with Crippen molar-refractivity contribution in [2.45, 2.75) is 13.3 Å². The van der Waals surface area contributed by atoms with Crippen LogP contribution in [0.5, 0.6) is 0 Å². The van der Waals surface area contributed by atoms with E-state index in [2.05, 4.69) is 21.8 Å². The van der Waals surface area contributed by atoms with Crippen molar-refractivity contribution in [3.05, 3.63) is 64.9 Å². The summed E-state index contributed by atoms with van der Waals surface area (Å²) in [4.78, 5) is 25.6. The number of anilines is 1. The van der Waals surface area contributed by atoms with Gasteiger partial charge in [0.2, 0.25) is 5.91 Å². The van der Waals surface area contributed by atoms with Crippen LogP contribution in [-0.2, 0) is 11.2 Å². The average molecular weight is 381 g/mol. The molecule has 1 amide bonds. The number of aromatic nitrogens is 2. The zero-order chi connectivity index (χ0) is 18.8. The lowest BCUT2D eigenvalue weighted by Gasteiger charge is -2.35. The SMILES string of the molecule is Cc1ccc(CC(=O)N2CCN(c3ncnc4cc(Cl)ccc34)CC2)cc1. The first-order valence-corrected chi connectivity index (χ1v) is 9.46. The van der Waals surface area contributed by atoms with E-state index in [0.717, 1.165) is 35.4 Å². The van der Waals surface area contributed by atoms with Crippen molar-refractivity contribution in [2.24, 2.45) is 0 Å². The molecule has 27 heavy (non-hydrogen) atoms. The lowest BCUT2D eigenvalue weighted by atomic mass is 10.1. The number of amides is 1. The van der Waals surface area contributed by atoms with Gasteiger partial charge in [-0.1, -0.05) is 41.4 Å². The fraction of sp³-hybridized carbons (Fsp3) is 0.286. The van der Waals surface area contributed by atoms with Crippen LogP contribution in [0.4, 0.5) is 5.82 Å². The predicted molar refractivity (Wildman–Crippen MR) is 108 cm³/mol. The first-order valence-electron chi connectivity index (χ1n) is 9.09. The number of carbonyl (C=O) groups is 1. The van der Waals surface area contributed by atoms with Gasteiger partial charge in [0.25, 0.3) is 0 Å². The van der Waals surface area contributed by atoms with Crippen molar-refractivity contribution >= 4 is 34.2 Å². The van der Waals surface area contributed by atoms with E-state index in [0.29, 0.717) is 24.5 Å². The van der Waals surface area contributed by atoms with Crippen molar-refractivity contribution in [2.75, 3.05) is 31.1 Å². The minimum atomic E-state index is 0.179. The first-order chi connectivity index (χ1) is 13.1. The Balaban J connectivity index is 1.43. The number of rotatable bonds is 3. The zero-order valence-corrected chi connectivity index (χ0v) is 16.0. The van der Waals surface area contributed by atoms with E-state index in [9.17, 15) is 4.79 Å². The maximum absolute atomic E-state index is 12.6. The van der Waals surface area contributed by atoms with Gasteiger partial charge in [0.15, 0.2) is 0 Å². The van der Waals surface area contributed by atoms with E-state index >= 15 is 0 Å². The normalized spacial score (nSPS) is 14.6. The Morgan fingerprint density at radius 3 is 2.52 bits per heavy atom. The second kappa shape index (κ2) is 7.53. The highest BCUT2D eigenvalue weighted by molar-refractivity contribution is 6.31. The molecule has 2 aromatic carbocycles. The summed E-state index contributed by atoms with van der Waals surface area (Å²) in [5.74, 6) is 1.08. The highest BCUT2D eigenvalue weighted by Crippen LogP contribution is 2.26. The Kier molecular flexibility index (Phi) is 4.94. The largest absolute Gasteiger partial charge is 0.352 e. The molecular weight excluding hydrogens is 360 g/mol. The summed E-state index contributed by atoms with van der Waals surface area (Å²) < 4.78 is 0. The van der Waals surface area contributed by atoms with E-state index in [1.165, 1.54) is 5.56 Å². The number of nitrogens with zero attached hydrogens (tertiary/aromatic N) is 4. The quantitative estimate of drug-likeness (QED) is 0.698. The third-order valence-corrected chi connectivity index (χ3v) is 5.22. The molecule has 1 aliphatic rings. The smallest absolute Gasteiger partial charge is 0.227 e. The molecule has 0 spiro atoms. The Hall–Kier alpha value is -2.66. The fourth-order valence-corrected chi connectivity index (χ4v) is 3.59. The molecule has 0 unspecified atom stereocenters. The molecule has 0 aliphatic carbocycles. The fourth-order valence-electron chi connectivity index (χ4n) is 3.43. The molecule has 0 bridgehead atoms. The number of halogens is 1. The van der Waals surface area contributed by atoms with Gasteiger partial charge in [-0.15, -0.1) is 0 Å². The Morgan fingerprint density at radius 1 is 1.04 bits per heavy atom. The summed E-state index contributed by atoms with van der Waals surface area (Å²) in [6.07, 6.45) is 2.03. The predicted octanol–water partition coefficient (Wildman–Crippen LogP) is 3.48. The summed E-state index contributed by atoms with van der Waals surface area (Å²) >= 11 is 6.07. The van der Waals surface area contributed by atoms with Gasteiger partial charge in [0, 0.05) is 36.6 Å². The van der Waals surface area contributed by atoms with Crippen LogP contribution in [0.25, 0.3) is 10.9 Å². The van der Waals surface area contributed by atoms with Crippen LogP contribution in [-0.4, -0.2) is 47.0 Å². The number of benzene rings is 2. The Morgan fingerprint density at radius 2 is 1.78 bits per heavy atom. The number of aryl methyl sites for hydroxylation is 1. The zero-order valence-electron chi connectivity index (χ0n) is 15.2. The van der Waals surface area contributed by atoms with Gasteiger partial charge < -0.3 is 9.80 Å². The molecule has 1 aliphatic heterocycles. The van der Waals surface area contributed by atoms with Crippen molar-refractivity contribution in [3.8, 4) is 0 Å². The Labute approximate surface area is 163 Å². The van der Waals surface area contributed by atoms with Crippen LogP contribution in [0.2, 0.25) is 5.02 Å². The topological polar surface area (TPSA) is 49.3 Å². The summed E-state index contributed by atoms with van der Waals surface area (Å²) in [6.45, 7) is 4.96. The maximum atomic E-state index is 12.6. The van der Waals surface area contributed by atoms with E-state index in [1.807, 2.05) is 47.4 Å². The second-order valence-corrected chi connectivity index (χ2v) is 7.33. The van der Waals surface area contributed by atoms with Gasteiger partial charge in [0.05, 0.1) is 11.9 Å². The molecule has 0 N–H and O–H groups in total. The van der Waals surface area contributed by atoms with Crippen molar-refractivity contribution < 1.29 is 4.79 Å². The van der Waals surface area contributed by atoms with Gasteiger partial charge in [-0.05, 0) is 30.7 Å². The van der Waals surface area contributed by atoms with Gasteiger partial charge in [-0.2, -0.15) is 0 Å². The molecule has 3 aromatic rings. The molecule has 4 rings (SSSR count). The van der Waals surface area contributed by atoms with E-state index in [1.54, 1.807) is 6.33 Å². The van der Waals surface area contributed by atoms with Crippen LogP contribution in [0.1, 0.15) is 11.1 Å². The van der Waals surface area contributed by atoms with Crippen molar-refractivity contribution in [3.63, 3.8) is 0 Å². The average Bonchev–Trinajstić information content (AvgIpc) is 2.69. The van der Waals surface area contributed by atoms with Crippen LogP contribution in [0.15, 0.2) is 48.8 Å². The Bertz CT molecular complexity index is 966. The monoisotopic (exact) mass is 380 g/mol. The number of fused-ring (bicyclic) bond motifs is 1. The van der Waals surface area contributed by atoms with E-state index < -0.39 is 0 Å². The summed E-state index contributed by atoms with van der Waals surface area (Å²) in [5, 5.41) is 1.65. The van der Waals surface area contributed by atoms with Gasteiger partial charge in [-0.3, -0.25) is 4.79 Å². The summed E-state index contributed by atoms with van der Waals surface area (Å²) in [5.41, 5.74) is 3.11. The third kappa shape index (κ3) is 3.88. The first kappa shape index (κ1) is 17.7. The molecule has 0 saturated carbocycles. The minimum absolute atomic E-state index is 0.179. The summed E-state index contributed by atoms with van der Waals surface area (Å²) in [7, 11) is 0. The third-order valence-electron chi connectivity index (χ3n) is 4.99. The highest BCUT2D eigenvalue weighted by atomic mass is 35.5.